The molecule has 4 rings (SSSR count). The molecule has 0 aromatic heterocycles. The lowest BCUT2D eigenvalue weighted by Crippen LogP contribution is -2.35. The highest BCUT2D eigenvalue weighted by Crippen LogP contribution is 2.41. The van der Waals surface area contributed by atoms with E-state index in [1.165, 1.54) is 0 Å². The molecule has 2 aromatic rings. The van der Waals surface area contributed by atoms with E-state index in [1.807, 2.05) is 30.3 Å². The maximum absolute atomic E-state index is 13.2. The third-order valence-electron chi connectivity index (χ3n) is 4.92. The zero-order chi connectivity index (χ0) is 16.7. The Kier molecular flexibility index (Phi) is 4.12. The third-order valence-corrected chi connectivity index (χ3v) is 7.00. The molecular weight excluding hydrogens is 344 g/mol. The summed E-state index contributed by atoms with van der Waals surface area (Å²) < 4.78 is 28.1. The van der Waals surface area contributed by atoms with Crippen molar-refractivity contribution in [2.45, 2.75) is 29.9 Å². The van der Waals surface area contributed by atoms with Crippen molar-refractivity contribution >= 4 is 21.6 Å². The van der Waals surface area contributed by atoms with Crippen LogP contribution >= 0.6 is 11.6 Å². The summed E-state index contributed by atoms with van der Waals surface area (Å²) in [5, 5.41) is 0.538. The van der Waals surface area contributed by atoms with Crippen molar-refractivity contribution in [1.29, 1.82) is 0 Å². The first-order valence-corrected chi connectivity index (χ1v) is 9.97. The van der Waals surface area contributed by atoms with Crippen LogP contribution in [-0.4, -0.2) is 36.8 Å². The van der Waals surface area contributed by atoms with Crippen molar-refractivity contribution in [2.75, 3.05) is 13.1 Å². The first-order valence-electron chi connectivity index (χ1n) is 8.15. The summed E-state index contributed by atoms with van der Waals surface area (Å²) in [5.74, 6) is 0. The number of hydrogen-bond donors (Lipinski definition) is 0. The Hall–Kier alpha value is -1.40. The van der Waals surface area contributed by atoms with Crippen LogP contribution in [0, 0.1) is 0 Å². The van der Waals surface area contributed by atoms with Gasteiger partial charge in [0, 0.05) is 24.2 Å². The average molecular weight is 363 g/mol. The molecule has 0 radical (unpaired) electrons. The van der Waals surface area contributed by atoms with Crippen molar-refractivity contribution in [1.82, 2.24) is 9.21 Å². The van der Waals surface area contributed by atoms with E-state index in [-0.39, 0.29) is 6.17 Å². The molecule has 2 fully saturated rings. The molecule has 2 heterocycles. The summed E-state index contributed by atoms with van der Waals surface area (Å²) in [4.78, 5) is 2.62. The maximum Gasteiger partial charge on any atom is 0.244 e. The fraction of sp³-hybridized carbons (Fsp3) is 0.333. The first-order chi connectivity index (χ1) is 11.6. The third kappa shape index (κ3) is 2.65. The molecule has 0 N–H and O–H groups in total. The predicted octanol–water partition coefficient (Wildman–Crippen LogP) is 3.51. The van der Waals surface area contributed by atoms with E-state index in [9.17, 15) is 8.42 Å². The van der Waals surface area contributed by atoms with Crippen molar-refractivity contribution < 1.29 is 8.42 Å². The Morgan fingerprint density at radius 3 is 2.42 bits per heavy atom. The van der Waals surface area contributed by atoms with Gasteiger partial charge in [0.2, 0.25) is 10.0 Å². The Morgan fingerprint density at radius 2 is 1.71 bits per heavy atom. The SMILES string of the molecule is O=S(=O)(c1ccc(Cl)cc1)N1CC2CCCN2C1c1ccccc1. The summed E-state index contributed by atoms with van der Waals surface area (Å²) in [6.07, 6.45) is 1.96. The molecule has 0 saturated carbocycles. The minimum atomic E-state index is -3.56. The second-order valence-electron chi connectivity index (χ2n) is 6.35. The van der Waals surface area contributed by atoms with Gasteiger partial charge in [0.1, 0.15) is 6.17 Å². The number of halogens is 1. The summed E-state index contributed by atoms with van der Waals surface area (Å²) in [6.45, 7) is 1.49. The molecule has 0 spiro atoms. The fourth-order valence-electron chi connectivity index (χ4n) is 3.80. The molecule has 2 aliphatic heterocycles. The van der Waals surface area contributed by atoms with Gasteiger partial charge < -0.3 is 0 Å². The Labute approximate surface area is 147 Å². The summed E-state index contributed by atoms with van der Waals surface area (Å²) >= 11 is 5.91. The number of nitrogens with zero attached hydrogens (tertiary/aromatic N) is 2. The standard InChI is InChI=1S/C18H19ClN2O2S/c19-15-8-10-17(11-9-15)24(22,23)21-13-16-7-4-12-20(16)18(21)14-5-2-1-3-6-14/h1-3,5-6,8-11,16,18H,4,7,12-13H2. The maximum atomic E-state index is 13.2. The molecule has 0 bridgehead atoms. The van der Waals surface area contributed by atoms with E-state index in [0.29, 0.717) is 22.5 Å². The smallest absolute Gasteiger partial charge is 0.244 e. The molecule has 0 aliphatic carbocycles. The van der Waals surface area contributed by atoms with Crippen molar-refractivity contribution in [3.63, 3.8) is 0 Å². The van der Waals surface area contributed by atoms with Gasteiger partial charge in [-0.15, -0.1) is 0 Å². The van der Waals surface area contributed by atoms with Crippen molar-refractivity contribution in [3.8, 4) is 0 Å². The first kappa shape index (κ1) is 16.1. The Morgan fingerprint density at radius 1 is 1.00 bits per heavy atom. The van der Waals surface area contributed by atoms with Gasteiger partial charge in [0.25, 0.3) is 0 Å². The summed E-state index contributed by atoms with van der Waals surface area (Å²) in [5.41, 5.74) is 1.03. The van der Waals surface area contributed by atoms with E-state index in [0.717, 1.165) is 24.9 Å². The van der Waals surface area contributed by atoms with Gasteiger partial charge in [0.05, 0.1) is 4.90 Å². The Balaban J connectivity index is 1.76. The number of sulfonamides is 1. The summed E-state index contributed by atoms with van der Waals surface area (Å²) in [6, 6.07) is 16.6. The second kappa shape index (κ2) is 6.15. The number of benzene rings is 2. The van der Waals surface area contributed by atoms with Crippen molar-refractivity contribution in [3.05, 3.63) is 65.2 Å². The van der Waals surface area contributed by atoms with Crippen LogP contribution in [0.2, 0.25) is 5.02 Å². The lowest BCUT2D eigenvalue weighted by atomic mass is 10.1. The number of hydrogen-bond acceptors (Lipinski definition) is 3. The zero-order valence-electron chi connectivity index (χ0n) is 13.2. The van der Waals surface area contributed by atoms with Gasteiger partial charge in [-0.05, 0) is 42.7 Å². The molecular formula is C18H19ClN2O2S. The van der Waals surface area contributed by atoms with E-state index in [4.69, 9.17) is 11.6 Å². The highest BCUT2D eigenvalue weighted by atomic mass is 35.5. The Bertz CT molecular complexity index is 824. The minimum absolute atomic E-state index is 0.223. The highest BCUT2D eigenvalue weighted by Gasteiger charge is 2.47. The molecule has 6 heteroatoms. The molecule has 2 atom stereocenters. The number of fused-ring (bicyclic) bond motifs is 1. The largest absolute Gasteiger partial charge is 0.279 e. The van der Waals surface area contributed by atoms with Crippen LogP contribution in [0.25, 0.3) is 0 Å². The normalized spacial score (nSPS) is 25.0. The number of rotatable bonds is 3. The molecule has 0 amide bonds. The van der Waals surface area contributed by atoms with Gasteiger partial charge in [-0.2, -0.15) is 4.31 Å². The van der Waals surface area contributed by atoms with E-state index >= 15 is 0 Å². The van der Waals surface area contributed by atoms with E-state index in [1.54, 1.807) is 28.6 Å². The van der Waals surface area contributed by atoms with E-state index < -0.39 is 10.0 Å². The molecule has 4 nitrogen and oxygen atoms in total. The zero-order valence-corrected chi connectivity index (χ0v) is 14.7. The van der Waals surface area contributed by atoms with Crippen LogP contribution in [0.3, 0.4) is 0 Å². The van der Waals surface area contributed by atoms with Crippen LogP contribution in [0.4, 0.5) is 0 Å². The topological polar surface area (TPSA) is 40.6 Å². The van der Waals surface area contributed by atoms with Gasteiger partial charge in [-0.25, -0.2) is 8.42 Å². The molecule has 24 heavy (non-hydrogen) atoms. The van der Waals surface area contributed by atoms with Gasteiger partial charge in [-0.1, -0.05) is 41.9 Å². The monoisotopic (exact) mass is 362 g/mol. The molecule has 2 aromatic carbocycles. The molecule has 126 valence electrons. The molecule has 2 aliphatic rings. The lowest BCUT2D eigenvalue weighted by molar-refractivity contribution is 0.198. The minimum Gasteiger partial charge on any atom is -0.279 e. The quantitative estimate of drug-likeness (QED) is 0.839. The van der Waals surface area contributed by atoms with Crippen LogP contribution in [-0.2, 0) is 10.0 Å². The highest BCUT2D eigenvalue weighted by molar-refractivity contribution is 7.89. The van der Waals surface area contributed by atoms with Crippen LogP contribution in [0.15, 0.2) is 59.5 Å². The van der Waals surface area contributed by atoms with Crippen LogP contribution < -0.4 is 0 Å². The van der Waals surface area contributed by atoms with Gasteiger partial charge in [-0.3, -0.25) is 4.90 Å². The molecule has 2 saturated heterocycles. The van der Waals surface area contributed by atoms with Crippen LogP contribution in [0.5, 0.6) is 0 Å². The van der Waals surface area contributed by atoms with Crippen molar-refractivity contribution in [2.24, 2.45) is 0 Å². The molecule has 2 unspecified atom stereocenters. The van der Waals surface area contributed by atoms with Crippen LogP contribution in [0.1, 0.15) is 24.6 Å². The van der Waals surface area contributed by atoms with Gasteiger partial charge in [0.15, 0.2) is 0 Å². The summed E-state index contributed by atoms with van der Waals surface area (Å²) in [7, 11) is -3.56. The van der Waals surface area contributed by atoms with E-state index in [2.05, 4.69) is 4.90 Å². The fourth-order valence-corrected chi connectivity index (χ4v) is 5.55. The second-order valence-corrected chi connectivity index (χ2v) is 8.67. The predicted molar refractivity (Wildman–Crippen MR) is 94.3 cm³/mol. The van der Waals surface area contributed by atoms with Gasteiger partial charge >= 0.3 is 0 Å². The average Bonchev–Trinajstić information content (AvgIpc) is 3.17. The lowest BCUT2D eigenvalue weighted by Gasteiger charge is -2.29.